The summed E-state index contributed by atoms with van der Waals surface area (Å²) in [7, 11) is 0. The lowest BCUT2D eigenvalue weighted by Crippen LogP contribution is -2.42. The lowest BCUT2D eigenvalue weighted by molar-refractivity contribution is -0.134. The quantitative estimate of drug-likeness (QED) is 0.877. The minimum absolute atomic E-state index is 0.00402. The summed E-state index contributed by atoms with van der Waals surface area (Å²) in [5, 5.41) is 6.03. The fourth-order valence-corrected chi connectivity index (χ4v) is 3.31. The van der Waals surface area contributed by atoms with E-state index >= 15 is 0 Å². The van der Waals surface area contributed by atoms with Crippen LogP contribution in [0.1, 0.15) is 51.4 Å². The van der Waals surface area contributed by atoms with Crippen molar-refractivity contribution in [2.45, 2.75) is 57.4 Å². The number of amides is 2. The predicted octanol–water partition coefficient (Wildman–Crippen LogP) is 3.24. The molecule has 0 spiro atoms. The van der Waals surface area contributed by atoms with Gasteiger partial charge in [-0.15, -0.1) is 0 Å². The Bertz CT molecular complexity index is 531. The number of para-hydroxylation sites is 1. The Morgan fingerprint density at radius 3 is 2.36 bits per heavy atom. The highest BCUT2D eigenvalue weighted by atomic mass is 16.2. The highest BCUT2D eigenvalue weighted by Gasteiger charge is 2.42. The molecule has 2 N–H and O–H groups in total. The Balaban J connectivity index is 1.69. The van der Waals surface area contributed by atoms with Crippen molar-refractivity contribution in [1.29, 1.82) is 0 Å². The van der Waals surface area contributed by atoms with Gasteiger partial charge < -0.3 is 10.6 Å². The number of benzene rings is 1. The van der Waals surface area contributed by atoms with E-state index in [2.05, 4.69) is 10.6 Å². The van der Waals surface area contributed by atoms with E-state index in [1.807, 2.05) is 30.3 Å². The van der Waals surface area contributed by atoms with Crippen molar-refractivity contribution in [2.24, 2.45) is 5.41 Å². The van der Waals surface area contributed by atoms with Gasteiger partial charge >= 0.3 is 0 Å². The molecule has 0 atom stereocenters. The zero-order valence-corrected chi connectivity index (χ0v) is 12.9. The summed E-state index contributed by atoms with van der Waals surface area (Å²) in [5.74, 6) is 0.0389. The van der Waals surface area contributed by atoms with Crippen molar-refractivity contribution >= 4 is 17.5 Å². The molecule has 2 aliphatic rings. The molecule has 2 aliphatic carbocycles. The maximum Gasteiger partial charge on any atom is 0.231 e. The maximum atomic E-state index is 12.8. The number of rotatable bonds is 5. The smallest absolute Gasteiger partial charge is 0.231 e. The summed E-state index contributed by atoms with van der Waals surface area (Å²) < 4.78 is 0. The molecule has 0 saturated heterocycles. The van der Waals surface area contributed by atoms with E-state index < -0.39 is 5.41 Å². The standard InChI is InChI=1S/C18H24N2O2/c21-16(19-15-9-10-15)13-18(11-5-2-6-12-18)17(22)20-14-7-3-1-4-8-14/h1,3-4,7-8,15H,2,5-6,9-13H2,(H,19,21)(H,20,22). The van der Waals surface area contributed by atoms with Crippen molar-refractivity contribution in [3.05, 3.63) is 30.3 Å². The minimum Gasteiger partial charge on any atom is -0.353 e. The van der Waals surface area contributed by atoms with Gasteiger partial charge in [-0.1, -0.05) is 37.5 Å². The summed E-state index contributed by atoms with van der Waals surface area (Å²) in [6, 6.07) is 9.86. The molecule has 1 aromatic rings. The summed E-state index contributed by atoms with van der Waals surface area (Å²) in [4.78, 5) is 25.1. The normalized spacial score (nSPS) is 20.2. The Morgan fingerprint density at radius 1 is 1.05 bits per heavy atom. The van der Waals surface area contributed by atoms with Gasteiger partial charge in [-0.05, 0) is 37.8 Å². The van der Waals surface area contributed by atoms with Crippen LogP contribution in [-0.4, -0.2) is 17.9 Å². The van der Waals surface area contributed by atoms with Gasteiger partial charge in [-0.25, -0.2) is 0 Å². The maximum absolute atomic E-state index is 12.8. The van der Waals surface area contributed by atoms with Crippen LogP contribution in [0.25, 0.3) is 0 Å². The largest absolute Gasteiger partial charge is 0.353 e. The van der Waals surface area contributed by atoms with Crippen molar-refractivity contribution in [2.75, 3.05) is 5.32 Å². The fraction of sp³-hybridized carbons (Fsp3) is 0.556. The average Bonchev–Trinajstić information content (AvgIpc) is 3.33. The monoisotopic (exact) mass is 300 g/mol. The fourth-order valence-electron chi connectivity index (χ4n) is 3.31. The van der Waals surface area contributed by atoms with Gasteiger partial charge in [0, 0.05) is 18.2 Å². The second-order valence-electron chi connectivity index (χ2n) is 6.68. The van der Waals surface area contributed by atoms with E-state index in [0.29, 0.717) is 12.5 Å². The third-order valence-corrected chi connectivity index (χ3v) is 4.77. The number of carbonyl (C=O) groups is 2. The lowest BCUT2D eigenvalue weighted by Gasteiger charge is -2.35. The second-order valence-corrected chi connectivity index (χ2v) is 6.68. The number of carbonyl (C=O) groups excluding carboxylic acids is 2. The number of hydrogen-bond acceptors (Lipinski definition) is 2. The van der Waals surface area contributed by atoms with E-state index in [0.717, 1.165) is 50.6 Å². The van der Waals surface area contributed by atoms with Crippen LogP contribution >= 0.6 is 0 Å². The van der Waals surface area contributed by atoms with Gasteiger partial charge in [0.15, 0.2) is 0 Å². The molecule has 4 heteroatoms. The zero-order chi connectivity index (χ0) is 15.4. The second kappa shape index (κ2) is 6.51. The molecule has 0 bridgehead atoms. The summed E-state index contributed by atoms with van der Waals surface area (Å²) in [6.45, 7) is 0. The van der Waals surface area contributed by atoms with Crippen molar-refractivity contribution < 1.29 is 9.59 Å². The number of hydrogen-bond donors (Lipinski definition) is 2. The van der Waals surface area contributed by atoms with E-state index in [9.17, 15) is 9.59 Å². The third kappa shape index (κ3) is 3.67. The molecule has 1 aromatic carbocycles. The van der Waals surface area contributed by atoms with Crippen molar-refractivity contribution in [3.8, 4) is 0 Å². The van der Waals surface area contributed by atoms with E-state index in [1.54, 1.807) is 0 Å². The minimum atomic E-state index is -0.535. The van der Waals surface area contributed by atoms with Crippen LogP contribution < -0.4 is 10.6 Å². The van der Waals surface area contributed by atoms with Crippen LogP contribution in [0.15, 0.2) is 30.3 Å². The Labute approximate surface area is 131 Å². The van der Waals surface area contributed by atoms with Crippen LogP contribution in [0.5, 0.6) is 0 Å². The molecule has 0 aromatic heterocycles. The molecular weight excluding hydrogens is 276 g/mol. The first-order valence-corrected chi connectivity index (χ1v) is 8.34. The molecule has 0 unspecified atom stereocenters. The molecule has 0 aliphatic heterocycles. The van der Waals surface area contributed by atoms with Crippen LogP contribution in [0.4, 0.5) is 5.69 Å². The van der Waals surface area contributed by atoms with Crippen LogP contribution in [0, 0.1) is 5.41 Å². The molecular formula is C18H24N2O2. The predicted molar refractivity (Wildman–Crippen MR) is 86.4 cm³/mol. The van der Waals surface area contributed by atoms with Gasteiger partial charge in [0.2, 0.25) is 11.8 Å². The molecule has 2 fully saturated rings. The van der Waals surface area contributed by atoms with Crippen molar-refractivity contribution in [3.63, 3.8) is 0 Å². The number of anilines is 1. The zero-order valence-electron chi connectivity index (χ0n) is 12.9. The topological polar surface area (TPSA) is 58.2 Å². The van der Waals surface area contributed by atoms with E-state index in [-0.39, 0.29) is 11.8 Å². The number of nitrogens with one attached hydrogen (secondary N) is 2. The average molecular weight is 300 g/mol. The van der Waals surface area contributed by atoms with E-state index in [1.165, 1.54) is 0 Å². The Kier molecular flexibility index (Phi) is 4.46. The van der Waals surface area contributed by atoms with E-state index in [4.69, 9.17) is 0 Å². The molecule has 4 nitrogen and oxygen atoms in total. The van der Waals surface area contributed by atoms with Gasteiger partial charge in [-0.3, -0.25) is 9.59 Å². The highest BCUT2D eigenvalue weighted by Crippen LogP contribution is 2.40. The third-order valence-electron chi connectivity index (χ3n) is 4.77. The van der Waals surface area contributed by atoms with Crippen LogP contribution in [0.3, 0.4) is 0 Å². The Hall–Kier alpha value is -1.84. The summed E-state index contributed by atoms with van der Waals surface area (Å²) in [6.07, 6.45) is 7.31. The Morgan fingerprint density at radius 2 is 1.73 bits per heavy atom. The SMILES string of the molecule is O=C(CC1(C(=O)Nc2ccccc2)CCCCC1)NC1CC1. The summed E-state index contributed by atoms with van der Waals surface area (Å²) >= 11 is 0. The first-order chi connectivity index (χ1) is 10.7. The molecule has 2 amide bonds. The summed E-state index contributed by atoms with van der Waals surface area (Å²) in [5.41, 5.74) is 0.271. The molecule has 2 saturated carbocycles. The van der Waals surface area contributed by atoms with Gasteiger partial charge in [-0.2, -0.15) is 0 Å². The molecule has 22 heavy (non-hydrogen) atoms. The molecule has 0 radical (unpaired) electrons. The van der Waals surface area contributed by atoms with Gasteiger partial charge in [0.05, 0.1) is 5.41 Å². The first-order valence-electron chi connectivity index (χ1n) is 8.34. The van der Waals surface area contributed by atoms with Gasteiger partial charge in [0.1, 0.15) is 0 Å². The van der Waals surface area contributed by atoms with Crippen molar-refractivity contribution in [1.82, 2.24) is 5.32 Å². The van der Waals surface area contributed by atoms with Crippen LogP contribution in [-0.2, 0) is 9.59 Å². The van der Waals surface area contributed by atoms with Gasteiger partial charge in [0.25, 0.3) is 0 Å². The lowest BCUT2D eigenvalue weighted by atomic mass is 9.71. The highest BCUT2D eigenvalue weighted by molar-refractivity contribution is 5.98. The molecule has 0 heterocycles. The molecule has 118 valence electrons. The molecule has 3 rings (SSSR count). The van der Waals surface area contributed by atoms with Crippen LogP contribution in [0.2, 0.25) is 0 Å². The first kappa shape index (κ1) is 15.1.